The van der Waals surface area contributed by atoms with Crippen LogP contribution in [0, 0.1) is 0 Å². The average Bonchev–Trinajstić information content (AvgIpc) is 2.47. The second-order valence-corrected chi connectivity index (χ2v) is 4.10. The van der Waals surface area contributed by atoms with Gasteiger partial charge in [-0.3, -0.25) is 0 Å². The van der Waals surface area contributed by atoms with E-state index in [4.69, 9.17) is 19.3 Å². The lowest BCUT2D eigenvalue weighted by Crippen LogP contribution is -2.24. The Kier molecular flexibility index (Phi) is 6.53. The Morgan fingerprint density at radius 3 is 2.35 bits per heavy atom. The van der Waals surface area contributed by atoms with Gasteiger partial charge in [-0.15, -0.1) is 0 Å². The fraction of sp³-hybridized carbons (Fsp3) is 0.538. The number of ether oxygens (including phenoxy) is 3. The number of nitrogens with one attached hydrogen (secondary N) is 1. The zero-order valence-electron chi connectivity index (χ0n) is 11.8. The van der Waals surface area contributed by atoms with Gasteiger partial charge >= 0.3 is 0 Å². The first-order valence-corrected chi connectivity index (χ1v) is 6.07. The van der Waals surface area contributed by atoms with Crippen LogP contribution >= 0.6 is 0 Å². The summed E-state index contributed by atoms with van der Waals surface area (Å²) >= 11 is 0. The molecule has 0 aliphatic heterocycles. The Morgan fingerprint density at radius 1 is 1.20 bits per heavy atom. The van der Waals surface area contributed by atoms with Crippen molar-refractivity contribution in [3.05, 3.63) is 17.7 Å². The molecule has 1 rings (SSSR count). The summed E-state index contributed by atoms with van der Waals surface area (Å²) in [5.74, 6) is 0.162. The maximum Gasteiger partial charge on any atom is 0.185 e. The van der Waals surface area contributed by atoms with Gasteiger partial charge in [-0.05, 0) is 12.1 Å². The summed E-state index contributed by atoms with van der Waals surface area (Å²) in [4.78, 5) is 0. The van der Waals surface area contributed by atoms with E-state index in [1.54, 1.807) is 6.07 Å². The van der Waals surface area contributed by atoms with Crippen LogP contribution in [0.5, 0.6) is 11.5 Å². The summed E-state index contributed by atoms with van der Waals surface area (Å²) < 4.78 is 15.5. The Labute approximate surface area is 117 Å². The minimum atomic E-state index is -0.932. The molecule has 0 radical (unpaired) electrons. The number of aromatic hydroxyl groups is 1. The highest BCUT2D eigenvalue weighted by atomic mass is 16.7. The first-order valence-electron chi connectivity index (χ1n) is 6.07. The highest BCUT2D eigenvalue weighted by Crippen LogP contribution is 2.40. The van der Waals surface area contributed by atoms with Gasteiger partial charge in [0.15, 0.2) is 17.8 Å². The van der Waals surface area contributed by atoms with E-state index in [1.807, 2.05) is 0 Å². The van der Waals surface area contributed by atoms with Gasteiger partial charge in [0.05, 0.1) is 25.5 Å². The number of benzene rings is 1. The van der Waals surface area contributed by atoms with Crippen molar-refractivity contribution in [2.45, 2.75) is 12.4 Å². The maximum absolute atomic E-state index is 9.81. The predicted octanol–water partition coefficient (Wildman–Crippen LogP) is 0.457. The quantitative estimate of drug-likeness (QED) is 0.515. The zero-order chi connectivity index (χ0) is 15.1. The summed E-state index contributed by atoms with van der Waals surface area (Å²) in [6.45, 7) is -0.287. The third-order valence-electron chi connectivity index (χ3n) is 2.78. The second kappa shape index (κ2) is 7.91. The SMILES string of the molecule is COc1c(O)ccc(C(OC)OC)c1NCC(O)CO. The minimum absolute atomic E-state index is 0.0526. The van der Waals surface area contributed by atoms with Crippen molar-refractivity contribution in [3.8, 4) is 11.5 Å². The van der Waals surface area contributed by atoms with E-state index in [9.17, 15) is 10.2 Å². The molecular formula is C13H21NO6. The molecule has 20 heavy (non-hydrogen) atoms. The monoisotopic (exact) mass is 287 g/mol. The smallest absolute Gasteiger partial charge is 0.185 e. The predicted molar refractivity (Wildman–Crippen MR) is 73.0 cm³/mol. The number of hydrogen-bond acceptors (Lipinski definition) is 7. The van der Waals surface area contributed by atoms with E-state index in [-0.39, 0.29) is 24.7 Å². The second-order valence-electron chi connectivity index (χ2n) is 4.10. The highest BCUT2D eigenvalue weighted by molar-refractivity contribution is 5.68. The van der Waals surface area contributed by atoms with Crippen molar-refractivity contribution >= 4 is 5.69 Å². The molecule has 0 saturated heterocycles. The van der Waals surface area contributed by atoms with Crippen LogP contribution < -0.4 is 10.1 Å². The van der Waals surface area contributed by atoms with E-state index in [0.717, 1.165) is 0 Å². The number of aliphatic hydroxyl groups excluding tert-OH is 2. The Morgan fingerprint density at radius 2 is 1.85 bits per heavy atom. The van der Waals surface area contributed by atoms with Crippen molar-refractivity contribution in [2.75, 3.05) is 39.8 Å². The number of anilines is 1. The molecule has 0 aliphatic rings. The molecule has 4 N–H and O–H groups in total. The lowest BCUT2D eigenvalue weighted by Gasteiger charge is -2.22. The number of rotatable bonds is 8. The molecular weight excluding hydrogens is 266 g/mol. The molecule has 0 amide bonds. The summed E-state index contributed by atoms with van der Waals surface area (Å²) in [5.41, 5.74) is 1.04. The van der Waals surface area contributed by atoms with Gasteiger partial charge in [0.25, 0.3) is 0 Å². The third-order valence-corrected chi connectivity index (χ3v) is 2.78. The third kappa shape index (κ3) is 3.73. The van der Waals surface area contributed by atoms with Crippen LogP contribution in [0.1, 0.15) is 11.9 Å². The molecule has 114 valence electrons. The van der Waals surface area contributed by atoms with Gasteiger partial charge in [0, 0.05) is 26.3 Å². The molecule has 1 unspecified atom stereocenters. The van der Waals surface area contributed by atoms with Crippen molar-refractivity contribution in [1.82, 2.24) is 0 Å². The van der Waals surface area contributed by atoms with E-state index in [1.165, 1.54) is 27.4 Å². The normalized spacial score (nSPS) is 12.5. The minimum Gasteiger partial charge on any atom is -0.504 e. The van der Waals surface area contributed by atoms with E-state index < -0.39 is 12.4 Å². The fourth-order valence-corrected chi connectivity index (χ4v) is 1.81. The van der Waals surface area contributed by atoms with Gasteiger partial charge in [0.2, 0.25) is 0 Å². The summed E-state index contributed by atoms with van der Waals surface area (Å²) in [6, 6.07) is 3.09. The lowest BCUT2D eigenvalue weighted by atomic mass is 10.1. The number of phenols is 1. The first kappa shape index (κ1) is 16.5. The Bertz CT molecular complexity index is 422. The molecule has 0 spiro atoms. The van der Waals surface area contributed by atoms with Gasteiger partial charge in [0.1, 0.15) is 0 Å². The number of hydrogen-bond donors (Lipinski definition) is 4. The van der Waals surface area contributed by atoms with Crippen LogP contribution in [0.15, 0.2) is 12.1 Å². The molecule has 0 aromatic heterocycles. The van der Waals surface area contributed by atoms with Crippen LogP contribution in [-0.4, -0.2) is 55.9 Å². The molecule has 0 fully saturated rings. The molecule has 0 saturated carbocycles. The van der Waals surface area contributed by atoms with E-state index in [2.05, 4.69) is 5.32 Å². The molecule has 1 aromatic carbocycles. The fourth-order valence-electron chi connectivity index (χ4n) is 1.81. The average molecular weight is 287 g/mol. The Hall–Kier alpha value is -1.54. The largest absolute Gasteiger partial charge is 0.504 e. The lowest BCUT2D eigenvalue weighted by molar-refractivity contribution is -0.105. The molecule has 0 aliphatic carbocycles. The molecule has 7 nitrogen and oxygen atoms in total. The van der Waals surface area contributed by atoms with Gasteiger partial charge in [-0.1, -0.05) is 0 Å². The van der Waals surface area contributed by atoms with Crippen LogP contribution in [-0.2, 0) is 9.47 Å². The van der Waals surface area contributed by atoms with Crippen molar-refractivity contribution in [1.29, 1.82) is 0 Å². The Balaban J connectivity index is 3.15. The van der Waals surface area contributed by atoms with Crippen LogP contribution in [0.2, 0.25) is 0 Å². The molecule has 0 heterocycles. The van der Waals surface area contributed by atoms with Crippen LogP contribution in [0.3, 0.4) is 0 Å². The van der Waals surface area contributed by atoms with Gasteiger partial charge < -0.3 is 34.8 Å². The molecule has 1 aromatic rings. The van der Waals surface area contributed by atoms with Crippen LogP contribution in [0.4, 0.5) is 5.69 Å². The molecule has 7 heteroatoms. The van der Waals surface area contributed by atoms with Crippen molar-refractivity contribution in [2.24, 2.45) is 0 Å². The zero-order valence-corrected chi connectivity index (χ0v) is 11.8. The first-order chi connectivity index (χ1) is 9.58. The summed E-state index contributed by atoms with van der Waals surface area (Å²) in [5, 5.41) is 31.0. The van der Waals surface area contributed by atoms with Gasteiger partial charge in [-0.25, -0.2) is 0 Å². The maximum atomic E-state index is 9.81. The van der Waals surface area contributed by atoms with Crippen molar-refractivity contribution < 1.29 is 29.5 Å². The van der Waals surface area contributed by atoms with Crippen molar-refractivity contribution in [3.63, 3.8) is 0 Å². The highest BCUT2D eigenvalue weighted by Gasteiger charge is 2.21. The number of phenolic OH excluding ortho intramolecular Hbond substituents is 1. The van der Waals surface area contributed by atoms with E-state index in [0.29, 0.717) is 11.3 Å². The molecule has 0 bridgehead atoms. The van der Waals surface area contributed by atoms with Crippen LogP contribution in [0.25, 0.3) is 0 Å². The molecule has 1 atom stereocenters. The van der Waals surface area contributed by atoms with E-state index >= 15 is 0 Å². The number of methoxy groups -OCH3 is 3. The summed E-state index contributed by atoms with van der Waals surface area (Å²) in [6.07, 6.45) is -1.59. The number of aliphatic hydroxyl groups is 2. The topological polar surface area (TPSA) is 100 Å². The summed E-state index contributed by atoms with van der Waals surface area (Å²) in [7, 11) is 4.39. The van der Waals surface area contributed by atoms with Gasteiger partial charge in [-0.2, -0.15) is 0 Å². The standard InChI is InChI=1S/C13H21NO6/c1-18-12-10(17)5-4-9(13(19-2)20-3)11(12)14-6-8(16)7-15/h4-5,8,13-17H,6-7H2,1-3H3.